The second kappa shape index (κ2) is 21.5. The van der Waals surface area contributed by atoms with Crippen molar-refractivity contribution in [1.29, 1.82) is 0 Å². The smallest absolute Gasteiger partial charge is 0.102 e. The monoisotopic (exact) mass is 598 g/mol. The summed E-state index contributed by atoms with van der Waals surface area (Å²) >= 11 is 10.0. The number of hydrogen-bond acceptors (Lipinski definition) is 4. The Hall–Kier alpha value is 1.28. The third-order valence-electron chi connectivity index (χ3n) is 4.97. The predicted molar refractivity (Wildman–Crippen MR) is 133 cm³/mol. The minimum Gasteiger partial charge on any atom is -0.396 e. The highest BCUT2D eigenvalue weighted by molar-refractivity contribution is 9.09. The number of ether oxygens (including phenoxy) is 3. The highest BCUT2D eigenvalue weighted by Gasteiger charge is 2.37. The second-order valence-electron chi connectivity index (χ2n) is 7.10. The molecule has 2 heterocycles. The lowest BCUT2D eigenvalue weighted by atomic mass is 9.84. The standard InChI is InChI=1S/C7H13BrO2.C6H12Br2.C6H12O2.2CH4/c1-2-7(3-9-4-7)5-10-6-8;7-5-3-1-2-4-6-8;1-2-6(3-7)4-8-5-6;;/h2-6H2,1H3;1-6H2;7H,2-5H2,1H3;2*1H4. The molecule has 2 fully saturated rings. The Kier molecular flexibility index (Phi) is 26.0. The van der Waals surface area contributed by atoms with E-state index in [4.69, 9.17) is 19.3 Å². The van der Waals surface area contributed by atoms with Crippen molar-refractivity contribution in [3.8, 4) is 0 Å². The van der Waals surface area contributed by atoms with Crippen LogP contribution in [0.4, 0.5) is 0 Å². The van der Waals surface area contributed by atoms with Gasteiger partial charge in [-0.05, 0) is 25.7 Å². The molecule has 28 heavy (non-hydrogen) atoms. The first-order chi connectivity index (χ1) is 12.6. The molecule has 0 amide bonds. The highest BCUT2D eigenvalue weighted by atomic mass is 79.9. The lowest BCUT2D eigenvalue weighted by Gasteiger charge is -2.40. The number of unbranched alkanes of at least 4 members (excludes halogenated alkanes) is 3. The van der Waals surface area contributed by atoms with Gasteiger partial charge < -0.3 is 19.3 Å². The summed E-state index contributed by atoms with van der Waals surface area (Å²) in [5.41, 5.74) is 1.11. The molecule has 1 N–H and O–H groups in total. The van der Waals surface area contributed by atoms with E-state index in [1.165, 1.54) is 25.7 Å². The van der Waals surface area contributed by atoms with Crippen molar-refractivity contribution in [2.45, 2.75) is 67.2 Å². The summed E-state index contributed by atoms with van der Waals surface area (Å²) in [6.45, 7) is 8.62. The maximum Gasteiger partial charge on any atom is 0.102 e. The van der Waals surface area contributed by atoms with Gasteiger partial charge in [-0.1, -0.05) is 89.3 Å². The third-order valence-corrected chi connectivity index (χ3v) is 6.42. The Bertz CT molecular complexity index is 287. The van der Waals surface area contributed by atoms with Crippen LogP contribution in [-0.2, 0) is 14.2 Å². The van der Waals surface area contributed by atoms with Crippen LogP contribution in [0.25, 0.3) is 0 Å². The number of halogens is 3. The maximum atomic E-state index is 8.76. The zero-order chi connectivity index (χ0) is 19.7. The van der Waals surface area contributed by atoms with E-state index in [0.717, 1.165) is 56.5 Å². The number of aliphatic hydroxyl groups excluding tert-OH is 1. The van der Waals surface area contributed by atoms with Crippen LogP contribution in [0.15, 0.2) is 0 Å². The summed E-state index contributed by atoms with van der Waals surface area (Å²) < 4.78 is 15.4. The largest absolute Gasteiger partial charge is 0.396 e. The van der Waals surface area contributed by atoms with Crippen molar-refractivity contribution < 1.29 is 19.3 Å². The van der Waals surface area contributed by atoms with Crippen molar-refractivity contribution in [3.05, 3.63) is 0 Å². The summed E-state index contributed by atoms with van der Waals surface area (Å²) in [6.07, 6.45) is 7.58. The van der Waals surface area contributed by atoms with Gasteiger partial charge in [0.25, 0.3) is 0 Å². The van der Waals surface area contributed by atoms with Gasteiger partial charge in [-0.15, -0.1) is 0 Å². The van der Waals surface area contributed by atoms with Crippen LogP contribution in [0.5, 0.6) is 0 Å². The summed E-state index contributed by atoms with van der Waals surface area (Å²) in [5, 5.41) is 11.1. The van der Waals surface area contributed by atoms with Crippen molar-refractivity contribution >= 4 is 47.8 Å². The van der Waals surface area contributed by atoms with Gasteiger partial charge in [-0.25, -0.2) is 0 Å². The SMILES string of the molecule is BrCCCCCCBr.C.C.CCC1(CO)COC1.CCC1(COCBr)COC1. The Morgan fingerprint density at radius 3 is 1.39 bits per heavy atom. The molecule has 0 bridgehead atoms. The molecule has 0 aromatic rings. The van der Waals surface area contributed by atoms with Crippen LogP contribution in [0.1, 0.15) is 67.2 Å². The lowest BCUT2D eigenvalue weighted by molar-refractivity contribution is -0.145. The number of alkyl halides is 3. The van der Waals surface area contributed by atoms with Gasteiger partial charge >= 0.3 is 0 Å². The van der Waals surface area contributed by atoms with E-state index >= 15 is 0 Å². The fraction of sp³-hybridized carbons (Fsp3) is 1.00. The van der Waals surface area contributed by atoms with Gasteiger partial charge in [0.05, 0.1) is 39.6 Å². The van der Waals surface area contributed by atoms with Crippen LogP contribution >= 0.6 is 47.8 Å². The minimum absolute atomic E-state index is 0. The van der Waals surface area contributed by atoms with Crippen LogP contribution < -0.4 is 0 Å². The highest BCUT2D eigenvalue weighted by Crippen LogP contribution is 2.31. The molecule has 0 unspecified atom stereocenters. The molecule has 174 valence electrons. The van der Waals surface area contributed by atoms with Crippen molar-refractivity contribution in [2.75, 3.05) is 55.8 Å². The quantitative estimate of drug-likeness (QED) is 0.209. The minimum atomic E-state index is 0. The van der Waals surface area contributed by atoms with E-state index < -0.39 is 0 Å². The molecule has 0 atom stereocenters. The zero-order valence-corrected chi connectivity index (χ0v) is 21.2. The molecule has 2 saturated heterocycles. The van der Waals surface area contributed by atoms with E-state index in [1.807, 2.05) is 0 Å². The van der Waals surface area contributed by atoms with Gasteiger partial charge in [-0.2, -0.15) is 0 Å². The van der Waals surface area contributed by atoms with Crippen molar-refractivity contribution in [1.82, 2.24) is 0 Å². The average molecular weight is 601 g/mol. The zero-order valence-electron chi connectivity index (χ0n) is 16.4. The van der Waals surface area contributed by atoms with E-state index in [2.05, 4.69) is 61.6 Å². The molecule has 0 aromatic carbocycles. The van der Waals surface area contributed by atoms with Crippen LogP contribution in [0, 0.1) is 10.8 Å². The molecular formula is C21H45Br3O4. The molecule has 0 saturated carbocycles. The summed E-state index contributed by atoms with van der Waals surface area (Å²) in [6, 6.07) is 0. The molecule has 4 nitrogen and oxygen atoms in total. The first kappa shape index (κ1) is 33.9. The summed E-state index contributed by atoms with van der Waals surface area (Å²) in [7, 11) is 0. The molecule has 2 rings (SSSR count). The summed E-state index contributed by atoms with van der Waals surface area (Å²) in [4.78, 5) is 0. The molecular weight excluding hydrogens is 556 g/mol. The van der Waals surface area contributed by atoms with Crippen molar-refractivity contribution in [2.24, 2.45) is 10.8 Å². The Morgan fingerprint density at radius 1 is 0.786 bits per heavy atom. The molecule has 0 aromatic heterocycles. The second-order valence-corrected chi connectivity index (χ2v) is 9.14. The maximum absolute atomic E-state index is 8.76. The molecule has 2 aliphatic heterocycles. The lowest BCUT2D eigenvalue weighted by Crippen LogP contribution is -2.45. The molecule has 0 aliphatic carbocycles. The Morgan fingerprint density at radius 2 is 1.21 bits per heavy atom. The molecule has 0 spiro atoms. The Balaban J connectivity index is -0.000000326. The van der Waals surface area contributed by atoms with Gasteiger partial charge in [0, 0.05) is 21.5 Å². The van der Waals surface area contributed by atoms with E-state index in [0.29, 0.717) is 10.9 Å². The van der Waals surface area contributed by atoms with E-state index in [1.54, 1.807) is 0 Å². The first-order valence-corrected chi connectivity index (χ1v) is 13.0. The van der Waals surface area contributed by atoms with Gasteiger partial charge in [0.2, 0.25) is 0 Å². The van der Waals surface area contributed by atoms with E-state index in [-0.39, 0.29) is 26.9 Å². The Labute approximate surface area is 200 Å². The van der Waals surface area contributed by atoms with Crippen molar-refractivity contribution in [3.63, 3.8) is 0 Å². The topological polar surface area (TPSA) is 47.9 Å². The average Bonchev–Trinajstić information content (AvgIpc) is 2.60. The number of aliphatic hydroxyl groups is 1. The fourth-order valence-corrected chi connectivity index (χ4v) is 3.33. The predicted octanol–water partition coefficient (Wildman–Crippen LogP) is 6.80. The number of hydrogen-bond donors (Lipinski definition) is 1. The molecule has 7 heteroatoms. The van der Waals surface area contributed by atoms with Crippen LogP contribution in [0.3, 0.4) is 0 Å². The molecule has 0 radical (unpaired) electrons. The van der Waals surface area contributed by atoms with E-state index in [9.17, 15) is 0 Å². The van der Waals surface area contributed by atoms with Gasteiger partial charge in [0.1, 0.15) is 5.52 Å². The summed E-state index contributed by atoms with van der Waals surface area (Å²) in [5.74, 6) is 0. The van der Waals surface area contributed by atoms with Gasteiger partial charge in [-0.3, -0.25) is 0 Å². The third kappa shape index (κ3) is 14.3. The van der Waals surface area contributed by atoms with Crippen LogP contribution in [0.2, 0.25) is 0 Å². The number of rotatable bonds is 11. The molecule has 2 aliphatic rings. The normalized spacial score (nSPS) is 17.8. The fourth-order valence-electron chi connectivity index (χ4n) is 2.38. The first-order valence-electron chi connectivity index (χ1n) is 9.59. The van der Waals surface area contributed by atoms with Gasteiger partial charge in [0.15, 0.2) is 0 Å². The van der Waals surface area contributed by atoms with Crippen LogP contribution in [-0.4, -0.2) is 60.9 Å².